The highest BCUT2D eigenvalue weighted by Crippen LogP contribution is 2.17. The van der Waals surface area contributed by atoms with Crippen LogP contribution in [0.4, 0.5) is 5.95 Å². The molecular weight excluding hydrogens is 308 g/mol. The van der Waals surface area contributed by atoms with E-state index in [4.69, 9.17) is 10.3 Å². The van der Waals surface area contributed by atoms with Crippen LogP contribution in [0.3, 0.4) is 0 Å². The highest BCUT2D eigenvalue weighted by molar-refractivity contribution is 5.91. The Morgan fingerprint density at radius 2 is 2.12 bits per heavy atom. The van der Waals surface area contributed by atoms with Crippen LogP contribution < -0.4 is 11.1 Å². The fraction of sp³-hybridized carbons (Fsp3) is 0.0625. The Hall–Kier alpha value is -3.55. The maximum absolute atomic E-state index is 11.8. The van der Waals surface area contributed by atoms with E-state index < -0.39 is 0 Å². The number of nitrogens with zero attached hydrogens (tertiary/aromatic N) is 4. The van der Waals surface area contributed by atoms with E-state index in [1.54, 1.807) is 24.5 Å². The van der Waals surface area contributed by atoms with Crippen LogP contribution in [0.1, 0.15) is 11.3 Å². The molecule has 0 aromatic carbocycles. The lowest BCUT2D eigenvalue weighted by atomic mass is 10.2. The summed E-state index contributed by atoms with van der Waals surface area (Å²) in [4.78, 5) is 23.5. The highest BCUT2D eigenvalue weighted by Gasteiger charge is 2.07. The van der Waals surface area contributed by atoms with E-state index >= 15 is 0 Å². The molecule has 3 rings (SSSR count). The summed E-state index contributed by atoms with van der Waals surface area (Å²) in [5, 5.41) is 6.66. The highest BCUT2D eigenvalue weighted by atomic mass is 16.5. The van der Waals surface area contributed by atoms with Crippen molar-refractivity contribution in [3.8, 4) is 11.3 Å². The second kappa shape index (κ2) is 7.14. The summed E-state index contributed by atoms with van der Waals surface area (Å²) in [5.74, 6) is 0.462. The number of carbonyl (C=O) groups excluding carboxylic acids is 1. The summed E-state index contributed by atoms with van der Waals surface area (Å²) < 4.78 is 5.19. The van der Waals surface area contributed by atoms with Gasteiger partial charge >= 0.3 is 0 Å². The molecule has 0 aliphatic carbocycles. The third-order valence-corrected chi connectivity index (χ3v) is 3.07. The number of anilines is 1. The summed E-state index contributed by atoms with van der Waals surface area (Å²) in [7, 11) is 0. The molecule has 0 spiro atoms. The van der Waals surface area contributed by atoms with Gasteiger partial charge in [0.1, 0.15) is 5.69 Å². The quantitative estimate of drug-likeness (QED) is 0.682. The average molecular weight is 322 g/mol. The van der Waals surface area contributed by atoms with Gasteiger partial charge in [0.25, 0.3) is 0 Å². The maximum atomic E-state index is 11.8. The monoisotopic (exact) mass is 322 g/mol. The molecule has 0 atom stereocenters. The van der Waals surface area contributed by atoms with Gasteiger partial charge in [-0.1, -0.05) is 5.16 Å². The van der Waals surface area contributed by atoms with E-state index in [9.17, 15) is 4.79 Å². The first-order chi connectivity index (χ1) is 11.7. The van der Waals surface area contributed by atoms with Gasteiger partial charge < -0.3 is 15.6 Å². The van der Waals surface area contributed by atoms with E-state index in [2.05, 4.69) is 25.4 Å². The molecule has 0 aliphatic rings. The van der Waals surface area contributed by atoms with Crippen LogP contribution in [0.25, 0.3) is 17.3 Å². The van der Waals surface area contributed by atoms with Crippen LogP contribution in [0.5, 0.6) is 0 Å². The van der Waals surface area contributed by atoms with Crippen molar-refractivity contribution >= 4 is 17.9 Å². The predicted molar refractivity (Wildman–Crippen MR) is 87.1 cm³/mol. The van der Waals surface area contributed by atoms with E-state index in [0.717, 1.165) is 5.56 Å². The minimum absolute atomic E-state index is 0.186. The summed E-state index contributed by atoms with van der Waals surface area (Å²) in [6.07, 6.45) is 9.41. The van der Waals surface area contributed by atoms with E-state index in [1.807, 2.05) is 12.1 Å². The average Bonchev–Trinajstić information content (AvgIpc) is 3.09. The molecule has 0 aliphatic heterocycles. The summed E-state index contributed by atoms with van der Waals surface area (Å²) in [6.45, 7) is 0.231. The fourth-order valence-electron chi connectivity index (χ4n) is 1.89. The summed E-state index contributed by atoms with van der Waals surface area (Å²) in [5.41, 5.74) is 7.59. The number of rotatable bonds is 5. The Morgan fingerprint density at radius 3 is 2.88 bits per heavy atom. The second-order valence-corrected chi connectivity index (χ2v) is 4.85. The number of pyridine rings is 1. The lowest BCUT2D eigenvalue weighted by Crippen LogP contribution is -2.19. The largest absolute Gasteiger partial charge is 0.368 e. The van der Waals surface area contributed by atoms with Gasteiger partial charge in [-0.25, -0.2) is 9.97 Å². The Bertz CT molecular complexity index is 843. The zero-order valence-corrected chi connectivity index (χ0v) is 12.6. The lowest BCUT2D eigenvalue weighted by molar-refractivity contribution is -0.116. The molecular formula is C16H14N6O2. The van der Waals surface area contributed by atoms with Crippen molar-refractivity contribution in [2.45, 2.75) is 6.54 Å². The standard InChI is InChI=1S/C16H14N6O2/c17-16-20-7-11(8-21-16)3-4-15(23)19-10-13-6-14(22-24-13)12-2-1-5-18-9-12/h1-9H,10H2,(H,19,23)(H2,17,20,21)/b4-3+. The van der Waals surface area contributed by atoms with Crippen LogP contribution in [0.15, 0.2) is 53.6 Å². The van der Waals surface area contributed by atoms with Gasteiger partial charge in [-0.05, 0) is 18.2 Å². The Kier molecular flexibility index (Phi) is 4.57. The van der Waals surface area contributed by atoms with Crippen LogP contribution in [-0.4, -0.2) is 26.0 Å². The molecule has 3 aromatic heterocycles. The molecule has 8 nitrogen and oxygen atoms in total. The molecule has 0 saturated carbocycles. The number of aromatic nitrogens is 4. The SMILES string of the molecule is Nc1ncc(/C=C/C(=O)NCc2cc(-c3cccnc3)no2)cn1. The number of carbonyl (C=O) groups is 1. The zero-order valence-electron chi connectivity index (χ0n) is 12.6. The number of hydrogen-bond acceptors (Lipinski definition) is 7. The van der Waals surface area contributed by atoms with Crippen molar-refractivity contribution in [3.63, 3.8) is 0 Å². The fourth-order valence-corrected chi connectivity index (χ4v) is 1.89. The van der Waals surface area contributed by atoms with E-state index in [-0.39, 0.29) is 18.4 Å². The van der Waals surface area contributed by atoms with Crippen molar-refractivity contribution < 1.29 is 9.32 Å². The number of nitrogens with two attached hydrogens (primary N) is 1. The Morgan fingerprint density at radius 1 is 1.29 bits per heavy atom. The molecule has 3 N–H and O–H groups in total. The predicted octanol–water partition coefficient (Wildman–Crippen LogP) is 1.44. The molecule has 0 saturated heterocycles. The van der Waals surface area contributed by atoms with Crippen molar-refractivity contribution in [3.05, 3.63) is 60.4 Å². The molecule has 0 unspecified atom stereocenters. The van der Waals surface area contributed by atoms with Gasteiger partial charge in [0.05, 0.1) is 6.54 Å². The third kappa shape index (κ3) is 4.01. The number of amides is 1. The molecule has 24 heavy (non-hydrogen) atoms. The maximum Gasteiger partial charge on any atom is 0.244 e. The van der Waals surface area contributed by atoms with Gasteiger partial charge in [-0.2, -0.15) is 0 Å². The van der Waals surface area contributed by atoms with E-state index in [0.29, 0.717) is 17.0 Å². The molecule has 8 heteroatoms. The topological polar surface area (TPSA) is 120 Å². The number of nitrogens with one attached hydrogen (secondary N) is 1. The number of nitrogen functional groups attached to an aromatic ring is 1. The molecule has 0 radical (unpaired) electrons. The van der Waals surface area contributed by atoms with Gasteiger partial charge in [-0.15, -0.1) is 0 Å². The van der Waals surface area contributed by atoms with E-state index in [1.165, 1.54) is 18.5 Å². The third-order valence-electron chi connectivity index (χ3n) is 3.07. The molecule has 1 amide bonds. The van der Waals surface area contributed by atoms with Gasteiger partial charge in [0.2, 0.25) is 11.9 Å². The molecule has 3 aromatic rings. The van der Waals surface area contributed by atoms with Crippen LogP contribution in [0, 0.1) is 0 Å². The van der Waals surface area contributed by atoms with Crippen LogP contribution in [-0.2, 0) is 11.3 Å². The first-order valence-corrected chi connectivity index (χ1v) is 7.10. The Labute approximate surface area is 137 Å². The molecule has 0 bridgehead atoms. The van der Waals surface area contributed by atoms with Gasteiger partial charge in [-0.3, -0.25) is 9.78 Å². The first kappa shape index (κ1) is 15.3. The summed E-state index contributed by atoms with van der Waals surface area (Å²) >= 11 is 0. The second-order valence-electron chi connectivity index (χ2n) is 4.85. The Balaban J connectivity index is 1.55. The van der Waals surface area contributed by atoms with Crippen LogP contribution in [0.2, 0.25) is 0 Å². The molecule has 120 valence electrons. The van der Waals surface area contributed by atoms with Crippen LogP contribution >= 0.6 is 0 Å². The molecule has 3 heterocycles. The van der Waals surface area contributed by atoms with Gasteiger partial charge in [0.15, 0.2) is 5.76 Å². The minimum atomic E-state index is -0.272. The van der Waals surface area contributed by atoms with Crippen molar-refractivity contribution in [2.24, 2.45) is 0 Å². The molecule has 0 fully saturated rings. The van der Waals surface area contributed by atoms with Crippen molar-refractivity contribution in [1.82, 2.24) is 25.4 Å². The normalized spacial score (nSPS) is 10.8. The van der Waals surface area contributed by atoms with Crippen molar-refractivity contribution in [1.29, 1.82) is 0 Å². The van der Waals surface area contributed by atoms with Gasteiger partial charge in [0, 0.05) is 48.1 Å². The lowest BCUT2D eigenvalue weighted by Gasteiger charge is -1.97. The number of hydrogen-bond donors (Lipinski definition) is 2. The smallest absolute Gasteiger partial charge is 0.244 e. The summed E-state index contributed by atoms with van der Waals surface area (Å²) in [6, 6.07) is 5.45. The first-order valence-electron chi connectivity index (χ1n) is 7.10. The zero-order chi connectivity index (χ0) is 16.8. The minimum Gasteiger partial charge on any atom is -0.368 e. The van der Waals surface area contributed by atoms with Crippen molar-refractivity contribution in [2.75, 3.05) is 5.73 Å².